The normalized spacial score (nSPS) is 18.6. The molecule has 2 heterocycles. The molecule has 1 atom stereocenters. The molecule has 1 amide bonds. The van der Waals surface area contributed by atoms with Gasteiger partial charge in [0.1, 0.15) is 11.6 Å². The molecular weight excluding hydrogens is 365 g/mol. The van der Waals surface area contributed by atoms with Gasteiger partial charge in [-0.2, -0.15) is 0 Å². The molecule has 0 aliphatic carbocycles. The summed E-state index contributed by atoms with van der Waals surface area (Å²) in [5, 5.41) is 3.64. The lowest BCUT2D eigenvalue weighted by Crippen LogP contribution is -2.56. The van der Waals surface area contributed by atoms with Crippen LogP contribution in [0.5, 0.6) is 5.75 Å². The lowest BCUT2D eigenvalue weighted by atomic mass is 9.90. The molecule has 1 N–H and O–H groups in total. The predicted octanol–water partition coefficient (Wildman–Crippen LogP) is 2.97. The van der Waals surface area contributed by atoms with Crippen LogP contribution in [0.4, 0.5) is 10.1 Å². The maximum atomic E-state index is 14.2. The molecule has 1 fully saturated rings. The van der Waals surface area contributed by atoms with Crippen molar-refractivity contribution in [2.24, 2.45) is 0 Å². The van der Waals surface area contributed by atoms with E-state index in [4.69, 9.17) is 17.0 Å². The van der Waals surface area contributed by atoms with Crippen molar-refractivity contribution in [1.82, 2.24) is 9.80 Å². The van der Waals surface area contributed by atoms with Gasteiger partial charge < -0.3 is 19.9 Å². The minimum Gasteiger partial charge on any atom is -0.497 e. The number of amides is 1. The van der Waals surface area contributed by atoms with E-state index >= 15 is 0 Å². The van der Waals surface area contributed by atoms with Gasteiger partial charge in [-0.05, 0) is 48.0 Å². The topological polar surface area (TPSA) is 44.8 Å². The number of methoxy groups -OCH3 is 1. The third-order valence-corrected chi connectivity index (χ3v) is 5.50. The number of benzene rings is 2. The Morgan fingerprint density at radius 1 is 1.30 bits per heavy atom. The van der Waals surface area contributed by atoms with E-state index in [1.54, 1.807) is 13.2 Å². The number of ether oxygens (including phenoxy) is 1. The van der Waals surface area contributed by atoms with Crippen molar-refractivity contribution in [2.75, 3.05) is 32.1 Å². The number of halogens is 1. The van der Waals surface area contributed by atoms with E-state index in [1.807, 2.05) is 40.1 Å². The predicted molar refractivity (Wildman–Crippen MR) is 105 cm³/mol. The molecule has 0 radical (unpaired) electrons. The highest BCUT2D eigenvalue weighted by atomic mass is 32.1. The van der Waals surface area contributed by atoms with Gasteiger partial charge in [-0.15, -0.1) is 0 Å². The van der Waals surface area contributed by atoms with Gasteiger partial charge in [0.2, 0.25) is 5.91 Å². The summed E-state index contributed by atoms with van der Waals surface area (Å²) >= 11 is 5.54. The summed E-state index contributed by atoms with van der Waals surface area (Å²) in [4.78, 5) is 16.4. The van der Waals surface area contributed by atoms with Crippen molar-refractivity contribution in [1.29, 1.82) is 0 Å². The van der Waals surface area contributed by atoms with Gasteiger partial charge >= 0.3 is 0 Å². The molecular formula is C20H20FN3O2S. The highest BCUT2D eigenvalue weighted by molar-refractivity contribution is 7.80. The Kier molecular flexibility index (Phi) is 4.70. The van der Waals surface area contributed by atoms with Crippen LogP contribution >= 0.6 is 12.2 Å². The number of nitrogens with one attached hydrogen (secondary N) is 1. The van der Waals surface area contributed by atoms with Crippen molar-refractivity contribution in [3.05, 3.63) is 59.4 Å². The molecule has 4 rings (SSSR count). The van der Waals surface area contributed by atoms with E-state index in [0.717, 1.165) is 17.0 Å². The molecule has 1 unspecified atom stereocenters. The summed E-state index contributed by atoms with van der Waals surface area (Å²) in [7, 11) is 1.61. The van der Waals surface area contributed by atoms with Crippen LogP contribution in [0.15, 0.2) is 42.5 Å². The summed E-state index contributed by atoms with van der Waals surface area (Å²) in [6.45, 7) is 1.30. The van der Waals surface area contributed by atoms with Crippen LogP contribution in [0.1, 0.15) is 17.2 Å². The molecule has 5 nitrogen and oxygen atoms in total. The number of anilines is 1. The molecule has 0 bridgehead atoms. The standard InChI is InChI=1S/C20H20FN3O2S/c1-26-14-5-2-4-13(10-14)22-20(27)23-11-18-16-6-3-7-17(21)15(16)8-9-24(18)19(25)12-23/h2-7,10,18H,8-9,11-12H2,1H3,(H,22,27). The van der Waals surface area contributed by atoms with Crippen LogP contribution in [0.2, 0.25) is 0 Å². The lowest BCUT2D eigenvalue weighted by molar-refractivity contribution is -0.138. The lowest BCUT2D eigenvalue weighted by Gasteiger charge is -2.45. The van der Waals surface area contributed by atoms with E-state index in [-0.39, 0.29) is 24.3 Å². The van der Waals surface area contributed by atoms with Gasteiger partial charge in [0.05, 0.1) is 19.7 Å². The molecule has 7 heteroatoms. The van der Waals surface area contributed by atoms with E-state index in [2.05, 4.69) is 5.32 Å². The molecule has 2 aromatic carbocycles. The molecule has 27 heavy (non-hydrogen) atoms. The summed E-state index contributed by atoms with van der Waals surface area (Å²) < 4.78 is 19.4. The number of thiocarbonyl (C=S) groups is 1. The molecule has 2 aliphatic rings. The Labute approximate surface area is 162 Å². The van der Waals surface area contributed by atoms with Crippen LogP contribution < -0.4 is 10.1 Å². The second kappa shape index (κ2) is 7.15. The molecule has 140 valence electrons. The second-order valence-corrected chi connectivity index (χ2v) is 7.09. The van der Waals surface area contributed by atoms with Gasteiger partial charge in [0.15, 0.2) is 5.11 Å². The fourth-order valence-electron chi connectivity index (χ4n) is 3.79. The number of rotatable bonds is 2. The monoisotopic (exact) mass is 385 g/mol. The molecule has 0 saturated carbocycles. The first kappa shape index (κ1) is 17.7. The van der Waals surface area contributed by atoms with Gasteiger partial charge in [-0.3, -0.25) is 4.79 Å². The van der Waals surface area contributed by atoms with Gasteiger partial charge in [0.25, 0.3) is 0 Å². The van der Waals surface area contributed by atoms with Crippen LogP contribution in [0, 0.1) is 5.82 Å². The summed E-state index contributed by atoms with van der Waals surface area (Å²) in [5.41, 5.74) is 2.38. The SMILES string of the molecule is COc1cccc(NC(=S)N2CC(=O)N3CCc4c(F)cccc4C3C2)c1. The average Bonchev–Trinajstić information content (AvgIpc) is 2.68. The van der Waals surface area contributed by atoms with Gasteiger partial charge in [-0.25, -0.2) is 4.39 Å². The van der Waals surface area contributed by atoms with Crippen molar-refractivity contribution in [2.45, 2.75) is 12.5 Å². The Morgan fingerprint density at radius 2 is 2.11 bits per heavy atom. The fraction of sp³-hybridized carbons (Fsp3) is 0.300. The summed E-state index contributed by atoms with van der Waals surface area (Å²) in [6.07, 6.45) is 0.552. The second-order valence-electron chi connectivity index (χ2n) is 6.70. The fourth-order valence-corrected chi connectivity index (χ4v) is 4.05. The van der Waals surface area contributed by atoms with Crippen molar-refractivity contribution in [3.8, 4) is 5.75 Å². The quantitative estimate of drug-likeness (QED) is 0.806. The highest BCUT2D eigenvalue weighted by Gasteiger charge is 2.38. The minimum absolute atomic E-state index is 0.0101. The van der Waals surface area contributed by atoms with Crippen molar-refractivity contribution < 1.29 is 13.9 Å². The highest BCUT2D eigenvalue weighted by Crippen LogP contribution is 2.34. The van der Waals surface area contributed by atoms with E-state index in [0.29, 0.717) is 30.2 Å². The van der Waals surface area contributed by atoms with E-state index in [9.17, 15) is 9.18 Å². The number of carbonyl (C=O) groups excluding carboxylic acids is 1. The molecule has 2 aliphatic heterocycles. The largest absolute Gasteiger partial charge is 0.497 e. The zero-order chi connectivity index (χ0) is 19.0. The molecule has 1 saturated heterocycles. The number of fused-ring (bicyclic) bond motifs is 3. The van der Waals surface area contributed by atoms with Crippen molar-refractivity contribution in [3.63, 3.8) is 0 Å². The zero-order valence-corrected chi connectivity index (χ0v) is 15.8. The first-order valence-electron chi connectivity index (χ1n) is 8.83. The van der Waals surface area contributed by atoms with Gasteiger partial charge in [-0.1, -0.05) is 18.2 Å². The number of nitrogens with zero attached hydrogens (tertiary/aromatic N) is 2. The van der Waals surface area contributed by atoms with E-state index in [1.165, 1.54) is 6.07 Å². The van der Waals surface area contributed by atoms with Crippen LogP contribution in [0.3, 0.4) is 0 Å². The Hall–Kier alpha value is -2.67. The third kappa shape index (κ3) is 3.35. The van der Waals surface area contributed by atoms with Crippen LogP contribution in [0.25, 0.3) is 0 Å². The number of carbonyl (C=O) groups is 1. The maximum Gasteiger partial charge on any atom is 0.242 e. The first-order chi connectivity index (χ1) is 13.1. The van der Waals surface area contributed by atoms with Crippen LogP contribution in [-0.2, 0) is 11.2 Å². The Morgan fingerprint density at radius 3 is 2.93 bits per heavy atom. The summed E-state index contributed by atoms with van der Waals surface area (Å²) in [5.74, 6) is 0.533. The Balaban J connectivity index is 1.55. The summed E-state index contributed by atoms with van der Waals surface area (Å²) in [6, 6.07) is 12.4. The number of hydrogen-bond donors (Lipinski definition) is 1. The van der Waals surface area contributed by atoms with E-state index < -0.39 is 0 Å². The van der Waals surface area contributed by atoms with Gasteiger partial charge in [0, 0.05) is 24.8 Å². The number of piperazine rings is 1. The van der Waals surface area contributed by atoms with Crippen molar-refractivity contribution >= 4 is 28.9 Å². The zero-order valence-electron chi connectivity index (χ0n) is 14.9. The third-order valence-electron chi connectivity index (χ3n) is 5.14. The minimum atomic E-state index is -0.200. The number of hydrogen-bond acceptors (Lipinski definition) is 3. The first-order valence-corrected chi connectivity index (χ1v) is 9.24. The smallest absolute Gasteiger partial charge is 0.242 e. The average molecular weight is 385 g/mol. The van der Waals surface area contributed by atoms with Crippen LogP contribution in [-0.4, -0.2) is 47.6 Å². The Bertz CT molecular complexity index is 905. The molecule has 0 spiro atoms. The maximum absolute atomic E-state index is 14.2. The molecule has 0 aromatic heterocycles. The molecule has 2 aromatic rings.